The highest BCUT2D eigenvalue weighted by Gasteiger charge is 2.09. The van der Waals surface area contributed by atoms with Crippen LogP contribution in [0.15, 0.2) is 78.9 Å². The molecular weight excluding hydrogens is 340 g/mol. The fourth-order valence-electron chi connectivity index (χ4n) is 2.56. The van der Waals surface area contributed by atoms with Gasteiger partial charge in [-0.3, -0.25) is 4.79 Å². The molecule has 3 rings (SSSR count). The molecule has 0 saturated heterocycles. The molecule has 0 aliphatic rings. The maximum absolute atomic E-state index is 12.0. The molecule has 3 aromatic rings. The lowest BCUT2D eigenvalue weighted by Crippen LogP contribution is -2.20. The highest BCUT2D eigenvalue weighted by molar-refractivity contribution is 5.91. The Hall–Kier alpha value is -3.47. The van der Waals surface area contributed by atoms with Crippen LogP contribution in [0, 0.1) is 0 Å². The summed E-state index contributed by atoms with van der Waals surface area (Å²) in [5.74, 6) is 0.900. The zero-order valence-electron chi connectivity index (χ0n) is 15.1. The zero-order chi connectivity index (χ0) is 18.9. The van der Waals surface area contributed by atoms with Gasteiger partial charge in [-0.1, -0.05) is 42.5 Å². The van der Waals surface area contributed by atoms with Gasteiger partial charge < -0.3 is 20.1 Å². The molecule has 0 aliphatic carbocycles. The van der Waals surface area contributed by atoms with E-state index in [1.165, 1.54) is 0 Å². The van der Waals surface area contributed by atoms with Crippen molar-refractivity contribution in [2.24, 2.45) is 0 Å². The summed E-state index contributed by atoms with van der Waals surface area (Å²) in [6.45, 7) is 0.571. The number of anilines is 2. The lowest BCUT2D eigenvalue weighted by Gasteiger charge is -2.13. The van der Waals surface area contributed by atoms with E-state index >= 15 is 0 Å². The fraction of sp³-hybridized carbons (Fsp3) is 0.136. The van der Waals surface area contributed by atoms with Gasteiger partial charge in [-0.25, -0.2) is 0 Å². The van der Waals surface area contributed by atoms with E-state index in [9.17, 15) is 4.79 Å². The SMILES string of the molecule is COc1cc(CNc2ccccc2)ccc1OCC(=O)Nc1ccccc1. The summed E-state index contributed by atoms with van der Waals surface area (Å²) >= 11 is 0. The van der Waals surface area contributed by atoms with Crippen LogP contribution >= 0.6 is 0 Å². The van der Waals surface area contributed by atoms with Crippen LogP contribution in [-0.2, 0) is 11.3 Å². The number of carbonyl (C=O) groups excluding carboxylic acids is 1. The molecule has 0 aromatic heterocycles. The second-order valence-corrected chi connectivity index (χ2v) is 5.91. The summed E-state index contributed by atoms with van der Waals surface area (Å²) in [5.41, 5.74) is 2.84. The van der Waals surface area contributed by atoms with Gasteiger partial charge in [-0.2, -0.15) is 0 Å². The molecule has 0 unspecified atom stereocenters. The molecule has 27 heavy (non-hydrogen) atoms. The van der Waals surface area contributed by atoms with Gasteiger partial charge in [0.25, 0.3) is 5.91 Å². The normalized spacial score (nSPS) is 10.1. The second kappa shape index (κ2) is 9.29. The molecule has 0 bridgehead atoms. The Bertz CT molecular complexity index is 867. The van der Waals surface area contributed by atoms with E-state index in [1.54, 1.807) is 7.11 Å². The average Bonchev–Trinajstić information content (AvgIpc) is 2.72. The first kappa shape index (κ1) is 18.3. The average molecular weight is 362 g/mol. The second-order valence-electron chi connectivity index (χ2n) is 5.91. The summed E-state index contributed by atoms with van der Waals surface area (Å²) < 4.78 is 11.0. The van der Waals surface area contributed by atoms with Crippen molar-refractivity contribution < 1.29 is 14.3 Å². The largest absolute Gasteiger partial charge is 0.493 e. The minimum atomic E-state index is -0.224. The molecule has 0 saturated carbocycles. The van der Waals surface area contributed by atoms with Gasteiger partial charge >= 0.3 is 0 Å². The molecule has 0 radical (unpaired) electrons. The number of ether oxygens (including phenoxy) is 2. The highest BCUT2D eigenvalue weighted by Crippen LogP contribution is 2.28. The molecule has 0 fully saturated rings. The number of hydrogen-bond acceptors (Lipinski definition) is 4. The Morgan fingerprint density at radius 2 is 1.52 bits per heavy atom. The maximum Gasteiger partial charge on any atom is 0.262 e. The highest BCUT2D eigenvalue weighted by atomic mass is 16.5. The fourth-order valence-corrected chi connectivity index (χ4v) is 2.56. The molecule has 1 amide bonds. The van der Waals surface area contributed by atoms with Crippen molar-refractivity contribution in [2.75, 3.05) is 24.4 Å². The minimum absolute atomic E-state index is 0.0904. The number of nitrogens with one attached hydrogen (secondary N) is 2. The Labute approximate surface area is 158 Å². The van der Waals surface area contributed by atoms with Crippen molar-refractivity contribution in [1.82, 2.24) is 0 Å². The van der Waals surface area contributed by atoms with Gasteiger partial charge in [-0.15, -0.1) is 0 Å². The van der Waals surface area contributed by atoms with Crippen LogP contribution in [0.25, 0.3) is 0 Å². The molecule has 5 nitrogen and oxygen atoms in total. The van der Waals surface area contributed by atoms with Crippen molar-refractivity contribution in [1.29, 1.82) is 0 Å². The lowest BCUT2D eigenvalue weighted by molar-refractivity contribution is -0.118. The molecule has 0 aliphatic heterocycles. The Morgan fingerprint density at radius 3 is 2.19 bits per heavy atom. The van der Waals surface area contributed by atoms with Crippen LogP contribution in [0.4, 0.5) is 11.4 Å². The Morgan fingerprint density at radius 1 is 0.852 bits per heavy atom. The molecule has 5 heteroatoms. The van der Waals surface area contributed by atoms with Gasteiger partial charge in [-0.05, 0) is 42.0 Å². The van der Waals surface area contributed by atoms with Crippen LogP contribution in [0.1, 0.15) is 5.56 Å². The van der Waals surface area contributed by atoms with Crippen LogP contribution in [0.3, 0.4) is 0 Å². The molecule has 0 heterocycles. The van der Waals surface area contributed by atoms with E-state index in [0.717, 1.165) is 16.9 Å². The van der Waals surface area contributed by atoms with E-state index in [1.807, 2.05) is 78.9 Å². The number of methoxy groups -OCH3 is 1. The number of carbonyl (C=O) groups is 1. The van der Waals surface area contributed by atoms with Crippen molar-refractivity contribution in [3.05, 3.63) is 84.4 Å². The summed E-state index contributed by atoms with van der Waals surface area (Å²) in [4.78, 5) is 12.0. The van der Waals surface area contributed by atoms with E-state index in [4.69, 9.17) is 9.47 Å². The molecule has 0 atom stereocenters. The quantitative estimate of drug-likeness (QED) is 0.626. The van der Waals surface area contributed by atoms with Crippen LogP contribution in [0.2, 0.25) is 0 Å². The van der Waals surface area contributed by atoms with E-state index < -0.39 is 0 Å². The predicted molar refractivity (Wildman–Crippen MR) is 107 cm³/mol. The van der Waals surface area contributed by atoms with E-state index in [0.29, 0.717) is 18.0 Å². The van der Waals surface area contributed by atoms with Gasteiger partial charge in [0.05, 0.1) is 7.11 Å². The van der Waals surface area contributed by atoms with Gasteiger partial charge in [0.2, 0.25) is 0 Å². The summed E-state index contributed by atoms with van der Waals surface area (Å²) in [5, 5.41) is 6.13. The molecule has 0 spiro atoms. The van der Waals surface area contributed by atoms with E-state index in [2.05, 4.69) is 10.6 Å². The first-order valence-electron chi connectivity index (χ1n) is 8.68. The van der Waals surface area contributed by atoms with Gasteiger partial charge in [0.15, 0.2) is 18.1 Å². The standard InChI is InChI=1S/C22H22N2O3/c1-26-21-14-17(15-23-18-8-4-2-5-9-18)12-13-20(21)27-16-22(25)24-19-10-6-3-7-11-19/h2-14,23H,15-16H2,1H3,(H,24,25). The summed E-state index contributed by atoms with van der Waals surface area (Å²) in [7, 11) is 1.58. The number of para-hydroxylation sites is 2. The van der Waals surface area contributed by atoms with Crippen molar-refractivity contribution in [3.63, 3.8) is 0 Å². The van der Waals surface area contributed by atoms with Gasteiger partial charge in [0, 0.05) is 17.9 Å². The van der Waals surface area contributed by atoms with Crippen LogP contribution < -0.4 is 20.1 Å². The number of rotatable bonds is 8. The summed E-state index contributed by atoms with van der Waals surface area (Å²) in [6, 6.07) is 24.9. The third-order valence-corrected chi connectivity index (χ3v) is 3.91. The third kappa shape index (κ3) is 5.51. The molecule has 3 aromatic carbocycles. The van der Waals surface area contributed by atoms with Gasteiger partial charge in [0.1, 0.15) is 0 Å². The number of benzene rings is 3. The van der Waals surface area contributed by atoms with Crippen molar-refractivity contribution in [2.45, 2.75) is 6.54 Å². The number of amides is 1. The van der Waals surface area contributed by atoms with E-state index in [-0.39, 0.29) is 12.5 Å². The number of hydrogen-bond donors (Lipinski definition) is 2. The summed E-state index contributed by atoms with van der Waals surface area (Å²) in [6.07, 6.45) is 0. The maximum atomic E-state index is 12.0. The van der Waals surface area contributed by atoms with Crippen molar-refractivity contribution >= 4 is 17.3 Å². The Balaban J connectivity index is 1.56. The van der Waals surface area contributed by atoms with Crippen LogP contribution in [-0.4, -0.2) is 19.6 Å². The van der Waals surface area contributed by atoms with Crippen LogP contribution in [0.5, 0.6) is 11.5 Å². The Kier molecular flexibility index (Phi) is 6.30. The smallest absolute Gasteiger partial charge is 0.262 e. The molecule has 138 valence electrons. The predicted octanol–water partition coefficient (Wildman–Crippen LogP) is 4.32. The minimum Gasteiger partial charge on any atom is -0.493 e. The first-order valence-corrected chi connectivity index (χ1v) is 8.68. The molecular formula is C22H22N2O3. The first-order chi connectivity index (χ1) is 13.2. The third-order valence-electron chi connectivity index (χ3n) is 3.91. The molecule has 2 N–H and O–H groups in total. The topological polar surface area (TPSA) is 59.6 Å². The monoisotopic (exact) mass is 362 g/mol. The lowest BCUT2D eigenvalue weighted by atomic mass is 10.2. The van der Waals surface area contributed by atoms with Crippen molar-refractivity contribution in [3.8, 4) is 11.5 Å². The zero-order valence-corrected chi connectivity index (χ0v) is 15.1.